The molecule has 0 amide bonds. The zero-order valence-corrected chi connectivity index (χ0v) is 9.95. The van der Waals surface area contributed by atoms with Crippen molar-refractivity contribution in [3.63, 3.8) is 0 Å². The molecule has 1 heterocycles. The summed E-state index contributed by atoms with van der Waals surface area (Å²) in [5.41, 5.74) is -1.24. The second-order valence-corrected chi connectivity index (χ2v) is 4.22. The molecular formula is C8H4BrF2N3OS. The van der Waals surface area contributed by atoms with Crippen molar-refractivity contribution in [1.82, 2.24) is 14.8 Å². The number of aromatic nitrogens is 3. The molecule has 0 aliphatic carbocycles. The molecule has 2 aromatic rings. The van der Waals surface area contributed by atoms with E-state index >= 15 is 0 Å². The number of benzene rings is 1. The lowest BCUT2D eigenvalue weighted by Crippen LogP contribution is -2.17. The summed E-state index contributed by atoms with van der Waals surface area (Å²) in [6.07, 6.45) is 0. The fourth-order valence-electron chi connectivity index (χ4n) is 1.26. The lowest BCUT2D eigenvalue weighted by molar-refractivity contribution is 0.564. The Morgan fingerprint density at radius 2 is 1.81 bits per heavy atom. The quantitative estimate of drug-likeness (QED) is 0.794. The van der Waals surface area contributed by atoms with Crippen LogP contribution in [0.2, 0.25) is 0 Å². The third-order valence-electron chi connectivity index (χ3n) is 1.89. The van der Waals surface area contributed by atoms with Crippen molar-refractivity contribution >= 4 is 28.1 Å². The van der Waals surface area contributed by atoms with E-state index in [-0.39, 0.29) is 9.24 Å². The Morgan fingerprint density at radius 1 is 1.25 bits per heavy atom. The van der Waals surface area contributed by atoms with E-state index in [9.17, 15) is 13.6 Å². The maximum absolute atomic E-state index is 13.5. The van der Waals surface area contributed by atoms with Gasteiger partial charge in [0.05, 0.1) is 0 Å². The van der Waals surface area contributed by atoms with Crippen molar-refractivity contribution in [3.05, 3.63) is 43.5 Å². The number of rotatable bonds is 1. The molecule has 16 heavy (non-hydrogen) atoms. The standard InChI is InChI=1S/C8H4BrF2N3OS/c9-3-1-4(10)6(5(11)2-3)14-7(15)12-13-8(14)16/h1-2H,(H,12,15)(H,13,16). The van der Waals surface area contributed by atoms with E-state index in [0.29, 0.717) is 4.57 Å². The van der Waals surface area contributed by atoms with E-state index in [1.165, 1.54) is 0 Å². The monoisotopic (exact) mass is 307 g/mol. The molecule has 0 saturated carbocycles. The van der Waals surface area contributed by atoms with Gasteiger partial charge in [0.15, 0.2) is 11.6 Å². The largest absolute Gasteiger partial charge is 0.347 e. The smallest absolute Gasteiger partial charge is 0.272 e. The number of nitrogens with zero attached hydrogens (tertiary/aromatic N) is 1. The Hall–Kier alpha value is -1.28. The van der Waals surface area contributed by atoms with Gasteiger partial charge >= 0.3 is 5.69 Å². The molecule has 0 aliphatic heterocycles. The molecule has 0 radical (unpaired) electrons. The van der Waals surface area contributed by atoms with Gasteiger partial charge in [-0.2, -0.15) is 0 Å². The average Bonchev–Trinajstić information content (AvgIpc) is 2.47. The van der Waals surface area contributed by atoms with Crippen LogP contribution in [0.5, 0.6) is 0 Å². The van der Waals surface area contributed by atoms with Crippen LogP contribution in [0.4, 0.5) is 8.78 Å². The molecular weight excluding hydrogens is 304 g/mol. The van der Waals surface area contributed by atoms with E-state index in [1.807, 2.05) is 0 Å². The Morgan fingerprint density at radius 3 is 2.25 bits per heavy atom. The Balaban J connectivity index is 2.85. The molecule has 1 aromatic heterocycles. The first-order valence-corrected chi connectivity index (χ1v) is 5.25. The minimum atomic E-state index is -0.881. The fourth-order valence-corrected chi connectivity index (χ4v) is 1.89. The Bertz CT molecular complexity index is 609. The van der Waals surface area contributed by atoms with E-state index in [2.05, 4.69) is 26.1 Å². The summed E-state index contributed by atoms with van der Waals surface area (Å²) in [4.78, 5) is 11.3. The first-order valence-electron chi connectivity index (χ1n) is 4.05. The summed E-state index contributed by atoms with van der Waals surface area (Å²) < 4.78 is 27.9. The van der Waals surface area contributed by atoms with Crippen LogP contribution >= 0.6 is 28.1 Å². The van der Waals surface area contributed by atoms with Crippen LogP contribution in [0.25, 0.3) is 5.69 Å². The molecule has 2 N–H and O–H groups in total. The van der Waals surface area contributed by atoms with Crippen LogP contribution < -0.4 is 5.69 Å². The van der Waals surface area contributed by atoms with Crippen LogP contribution in [0.1, 0.15) is 0 Å². The van der Waals surface area contributed by atoms with Gasteiger partial charge in [0.1, 0.15) is 5.69 Å². The predicted molar refractivity (Wildman–Crippen MR) is 59.2 cm³/mol. The minimum Gasteiger partial charge on any atom is -0.272 e. The maximum atomic E-state index is 13.5. The minimum absolute atomic E-state index is 0.106. The molecule has 0 fully saturated rings. The molecule has 8 heteroatoms. The highest BCUT2D eigenvalue weighted by Gasteiger charge is 2.15. The summed E-state index contributed by atoms with van der Waals surface area (Å²) in [7, 11) is 0. The maximum Gasteiger partial charge on any atom is 0.347 e. The van der Waals surface area contributed by atoms with Gasteiger partial charge in [0.25, 0.3) is 0 Å². The van der Waals surface area contributed by atoms with E-state index in [1.54, 1.807) is 0 Å². The van der Waals surface area contributed by atoms with Crippen LogP contribution in [0, 0.1) is 16.4 Å². The molecule has 84 valence electrons. The molecule has 0 atom stereocenters. The zero-order valence-electron chi connectivity index (χ0n) is 7.55. The summed E-state index contributed by atoms with van der Waals surface area (Å²) in [6, 6.07) is 2.10. The average molecular weight is 308 g/mol. The fraction of sp³-hybridized carbons (Fsp3) is 0. The van der Waals surface area contributed by atoms with E-state index in [4.69, 9.17) is 12.2 Å². The van der Waals surface area contributed by atoms with Gasteiger partial charge in [-0.05, 0) is 24.4 Å². The molecule has 0 aliphatic rings. The van der Waals surface area contributed by atoms with Crippen LogP contribution in [-0.2, 0) is 0 Å². The summed E-state index contributed by atoms with van der Waals surface area (Å²) >= 11 is 7.68. The molecule has 0 spiro atoms. The van der Waals surface area contributed by atoms with Crippen molar-refractivity contribution in [2.24, 2.45) is 0 Å². The number of H-pyrrole nitrogens is 2. The zero-order chi connectivity index (χ0) is 11.9. The molecule has 0 unspecified atom stereocenters. The number of hydrogen-bond acceptors (Lipinski definition) is 2. The third-order valence-corrected chi connectivity index (χ3v) is 2.63. The molecule has 0 saturated heterocycles. The predicted octanol–water partition coefficient (Wildman–Crippen LogP) is 2.26. The van der Waals surface area contributed by atoms with Crippen molar-refractivity contribution in [1.29, 1.82) is 0 Å². The number of nitrogens with one attached hydrogen (secondary N) is 2. The highest BCUT2D eigenvalue weighted by atomic mass is 79.9. The van der Waals surface area contributed by atoms with Gasteiger partial charge in [0.2, 0.25) is 4.77 Å². The van der Waals surface area contributed by atoms with Gasteiger partial charge in [-0.3, -0.25) is 5.10 Å². The lowest BCUT2D eigenvalue weighted by atomic mass is 10.3. The number of aromatic amines is 2. The van der Waals surface area contributed by atoms with Crippen molar-refractivity contribution in [3.8, 4) is 5.69 Å². The Kier molecular flexibility index (Phi) is 2.76. The van der Waals surface area contributed by atoms with Crippen LogP contribution in [-0.4, -0.2) is 14.8 Å². The lowest BCUT2D eigenvalue weighted by Gasteiger charge is -2.04. The van der Waals surface area contributed by atoms with Gasteiger partial charge in [0, 0.05) is 4.47 Å². The number of hydrogen-bond donors (Lipinski definition) is 2. The van der Waals surface area contributed by atoms with Gasteiger partial charge < -0.3 is 0 Å². The van der Waals surface area contributed by atoms with E-state index < -0.39 is 23.0 Å². The van der Waals surface area contributed by atoms with Crippen LogP contribution in [0.15, 0.2) is 21.4 Å². The van der Waals surface area contributed by atoms with Crippen molar-refractivity contribution in [2.75, 3.05) is 0 Å². The summed E-state index contributed by atoms with van der Waals surface area (Å²) in [5.74, 6) is -1.76. The molecule has 0 bridgehead atoms. The van der Waals surface area contributed by atoms with Crippen LogP contribution in [0.3, 0.4) is 0 Å². The van der Waals surface area contributed by atoms with Gasteiger partial charge in [-0.15, -0.1) is 0 Å². The second-order valence-electron chi connectivity index (χ2n) is 2.91. The van der Waals surface area contributed by atoms with Crippen molar-refractivity contribution < 1.29 is 8.78 Å². The third kappa shape index (κ3) is 1.74. The summed E-state index contributed by atoms with van der Waals surface area (Å²) in [5, 5.41) is 4.44. The second kappa shape index (κ2) is 3.95. The highest BCUT2D eigenvalue weighted by Crippen LogP contribution is 2.21. The van der Waals surface area contributed by atoms with E-state index in [0.717, 1.165) is 12.1 Å². The number of halogens is 3. The van der Waals surface area contributed by atoms with Gasteiger partial charge in [-0.25, -0.2) is 23.2 Å². The Labute approximate surface area is 101 Å². The first kappa shape index (κ1) is 11.2. The highest BCUT2D eigenvalue weighted by molar-refractivity contribution is 9.10. The van der Waals surface area contributed by atoms with Gasteiger partial charge in [-0.1, -0.05) is 15.9 Å². The summed E-state index contributed by atoms with van der Waals surface area (Å²) in [6.45, 7) is 0. The first-order chi connectivity index (χ1) is 7.50. The molecule has 1 aromatic carbocycles. The normalized spacial score (nSPS) is 10.7. The topological polar surface area (TPSA) is 53.6 Å². The SMILES string of the molecule is O=c1[nH][nH]c(=S)n1-c1c(F)cc(Br)cc1F. The molecule has 4 nitrogen and oxygen atoms in total. The van der Waals surface area contributed by atoms with Crippen molar-refractivity contribution in [2.45, 2.75) is 0 Å². The molecule has 2 rings (SSSR count).